The number of nitrogens with one attached hydrogen (secondary N) is 1. The lowest BCUT2D eigenvalue weighted by molar-refractivity contribution is 0.463. The molecule has 7 heteroatoms. The van der Waals surface area contributed by atoms with Crippen molar-refractivity contribution in [3.8, 4) is 0 Å². The zero-order chi connectivity index (χ0) is 14.7. The van der Waals surface area contributed by atoms with Crippen LogP contribution in [0, 0.1) is 0 Å². The van der Waals surface area contributed by atoms with Gasteiger partial charge in [-0.3, -0.25) is 0 Å². The second kappa shape index (κ2) is 6.28. The first-order valence-electron chi connectivity index (χ1n) is 6.85. The molecule has 6 nitrogen and oxygen atoms in total. The molecule has 2 aromatic heterocycles. The molecule has 0 aliphatic heterocycles. The van der Waals surface area contributed by atoms with Gasteiger partial charge in [-0.05, 0) is 29.1 Å². The molecule has 110 valence electrons. The van der Waals surface area contributed by atoms with Crippen LogP contribution in [0.25, 0.3) is 11.0 Å². The largest absolute Gasteiger partial charge is 0.459 e. The lowest BCUT2D eigenvalue weighted by Gasteiger charge is -2.14. The quantitative estimate of drug-likeness (QED) is 0.705. The van der Waals surface area contributed by atoms with Crippen LogP contribution in [0.3, 0.4) is 0 Å². The molecule has 0 aliphatic rings. The predicted octanol–water partition coefficient (Wildman–Crippen LogP) is 2.40. The van der Waals surface area contributed by atoms with E-state index in [1.807, 2.05) is 25.2 Å². The van der Waals surface area contributed by atoms with Gasteiger partial charge in [-0.15, -0.1) is 5.10 Å². The van der Waals surface area contributed by atoms with Gasteiger partial charge in [0.2, 0.25) is 5.16 Å². The van der Waals surface area contributed by atoms with Gasteiger partial charge >= 0.3 is 0 Å². The van der Waals surface area contributed by atoms with Crippen LogP contribution in [-0.4, -0.2) is 32.5 Å². The van der Waals surface area contributed by atoms with E-state index in [1.165, 1.54) is 0 Å². The topological polar surface area (TPSA) is 68.8 Å². The number of para-hydroxylation sites is 1. The maximum Gasteiger partial charge on any atom is 0.209 e. The van der Waals surface area contributed by atoms with Crippen molar-refractivity contribution in [2.24, 2.45) is 7.05 Å². The average Bonchev–Trinajstić information content (AvgIpc) is 3.09. The van der Waals surface area contributed by atoms with Crippen molar-refractivity contribution in [1.29, 1.82) is 0 Å². The van der Waals surface area contributed by atoms with Crippen molar-refractivity contribution >= 4 is 22.7 Å². The summed E-state index contributed by atoms with van der Waals surface area (Å²) in [5.74, 6) is 1.75. The highest BCUT2D eigenvalue weighted by atomic mass is 32.2. The van der Waals surface area contributed by atoms with Gasteiger partial charge in [-0.25, -0.2) is 4.68 Å². The number of benzene rings is 1. The summed E-state index contributed by atoms with van der Waals surface area (Å²) in [6.07, 6.45) is 0. The molecule has 0 saturated heterocycles. The summed E-state index contributed by atoms with van der Waals surface area (Å²) in [5, 5.41) is 16.9. The number of hydrogen-bond donors (Lipinski definition) is 1. The molecule has 0 amide bonds. The number of thioether (sulfide) groups is 1. The molecule has 3 aromatic rings. The molecule has 1 atom stereocenters. The molecule has 3 rings (SSSR count). The van der Waals surface area contributed by atoms with Crippen molar-refractivity contribution in [3.63, 3.8) is 0 Å². The number of furan rings is 1. The SMILES string of the molecule is CCNC(CSc1nnnn1C)c1cc2ccccc2o1. The molecule has 1 aromatic carbocycles. The zero-order valence-electron chi connectivity index (χ0n) is 12.0. The van der Waals surface area contributed by atoms with Crippen LogP contribution in [0.2, 0.25) is 0 Å². The summed E-state index contributed by atoms with van der Waals surface area (Å²) < 4.78 is 7.62. The van der Waals surface area contributed by atoms with Crippen LogP contribution in [0.15, 0.2) is 39.9 Å². The molecule has 0 aliphatic carbocycles. The van der Waals surface area contributed by atoms with E-state index in [2.05, 4.69) is 39.9 Å². The van der Waals surface area contributed by atoms with Gasteiger partial charge in [0.25, 0.3) is 0 Å². The summed E-state index contributed by atoms with van der Waals surface area (Å²) in [6.45, 7) is 2.96. The Morgan fingerprint density at radius 2 is 2.24 bits per heavy atom. The Morgan fingerprint density at radius 3 is 2.95 bits per heavy atom. The van der Waals surface area contributed by atoms with E-state index in [-0.39, 0.29) is 6.04 Å². The van der Waals surface area contributed by atoms with E-state index in [0.717, 1.165) is 34.2 Å². The minimum Gasteiger partial charge on any atom is -0.459 e. The highest BCUT2D eigenvalue weighted by Gasteiger charge is 2.17. The maximum atomic E-state index is 5.95. The third-order valence-electron chi connectivity index (χ3n) is 3.20. The molecule has 0 saturated carbocycles. The molecular formula is C14H17N5OS. The van der Waals surface area contributed by atoms with Gasteiger partial charge in [0.05, 0.1) is 6.04 Å². The second-order valence-corrected chi connectivity index (χ2v) is 5.68. The molecule has 0 spiro atoms. The van der Waals surface area contributed by atoms with E-state index < -0.39 is 0 Å². The summed E-state index contributed by atoms with van der Waals surface area (Å²) in [6, 6.07) is 10.3. The Morgan fingerprint density at radius 1 is 1.38 bits per heavy atom. The van der Waals surface area contributed by atoms with E-state index >= 15 is 0 Å². The van der Waals surface area contributed by atoms with Crippen LogP contribution in [0.5, 0.6) is 0 Å². The fraction of sp³-hybridized carbons (Fsp3) is 0.357. The van der Waals surface area contributed by atoms with Gasteiger partial charge < -0.3 is 9.73 Å². The monoisotopic (exact) mass is 303 g/mol. The van der Waals surface area contributed by atoms with E-state index in [9.17, 15) is 0 Å². The normalized spacial score (nSPS) is 12.9. The van der Waals surface area contributed by atoms with Crippen molar-refractivity contribution < 1.29 is 4.42 Å². The molecule has 1 unspecified atom stereocenters. The molecule has 0 radical (unpaired) electrons. The first-order chi connectivity index (χ1) is 10.3. The predicted molar refractivity (Wildman–Crippen MR) is 82.2 cm³/mol. The standard InChI is InChI=1S/C14H17N5OS/c1-3-15-11(9-21-14-16-17-18-19(14)2)13-8-10-6-4-5-7-12(10)20-13/h4-8,11,15H,3,9H2,1-2H3. The number of nitrogens with zero attached hydrogens (tertiary/aromatic N) is 4. The average molecular weight is 303 g/mol. The molecule has 0 bridgehead atoms. The molecular weight excluding hydrogens is 286 g/mol. The van der Waals surface area contributed by atoms with Crippen molar-refractivity contribution in [1.82, 2.24) is 25.5 Å². The lowest BCUT2D eigenvalue weighted by Crippen LogP contribution is -2.22. The maximum absolute atomic E-state index is 5.95. The highest BCUT2D eigenvalue weighted by molar-refractivity contribution is 7.99. The van der Waals surface area contributed by atoms with E-state index in [1.54, 1.807) is 16.4 Å². The third kappa shape index (κ3) is 3.08. The van der Waals surface area contributed by atoms with E-state index in [4.69, 9.17) is 4.42 Å². The van der Waals surface area contributed by atoms with Crippen LogP contribution in [0.4, 0.5) is 0 Å². The van der Waals surface area contributed by atoms with Crippen LogP contribution in [0.1, 0.15) is 18.7 Å². The number of aromatic nitrogens is 4. The second-order valence-electron chi connectivity index (χ2n) is 4.69. The Hall–Kier alpha value is -1.86. The first kappa shape index (κ1) is 14.1. The van der Waals surface area contributed by atoms with Crippen LogP contribution >= 0.6 is 11.8 Å². The zero-order valence-corrected chi connectivity index (χ0v) is 12.8. The number of fused-ring (bicyclic) bond motifs is 1. The van der Waals surface area contributed by atoms with Crippen molar-refractivity contribution in [3.05, 3.63) is 36.1 Å². The Bertz CT molecular complexity index is 690. The third-order valence-corrected chi connectivity index (χ3v) is 4.30. The fourth-order valence-electron chi connectivity index (χ4n) is 2.16. The Labute approximate surface area is 126 Å². The lowest BCUT2D eigenvalue weighted by atomic mass is 10.2. The van der Waals surface area contributed by atoms with Crippen LogP contribution < -0.4 is 5.32 Å². The van der Waals surface area contributed by atoms with Gasteiger partial charge in [0, 0.05) is 18.2 Å². The summed E-state index contributed by atoms with van der Waals surface area (Å²) in [5.41, 5.74) is 0.917. The van der Waals surface area contributed by atoms with Gasteiger partial charge in [-0.1, -0.05) is 36.9 Å². The summed E-state index contributed by atoms with van der Waals surface area (Å²) in [7, 11) is 1.84. The van der Waals surface area contributed by atoms with Crippen LogP contribution in [-0.2, 0) is 7.05 Å². The molecule has 1 N–H and O–H groups in total. The Kier molecular flexibility index (Phi) is 4.21. The fourth-order valence-corrected chi connectivity index (χ4v) is 3.08. The summed E-state index contributed by atoms with van der Waals surface area (Å²) >= 11 is 1.61. The first-order valence-corrected chi connectivity index (χ1v) is 7.83. The number of hydrogen-bond acceptors (Lipinski definition) is 6. The van der Waals surface area contributed by atoms with Crippen molar-refractivity contribution in [2.75, 3.05) is 12.3 Å². The Balaban J connectivity index is 1.78. The minimum atomic E-state index is 0.129. The molecule has 2 heterocycles. The smallest absolute Gasteiger partial charge is 0.209 e. The summed E-state index contributed by atoms with van der Waals surface area (Å²) in [4.78, 5) is 0. The molecule has 21 heavy (non-hydrogen) atoms. The number of rotatable bonds is 6. The highest BCUT2D eigenvalue weighted by Crippen LogP contribution is 2.27. The van der Waals surface area contributed by atoms with Gasteiger partial charge in [0.1, 0.15) is 11.3 Å². The number of tetrazole rings is 1. The minimum absolute atomic E-state index is 0.129. The van der Waals surface area contributed by atoms with Crippen molar-refractivity contribution in [2.45, 2.75) is 18.1 Å². The number of aryl methyl sites for hydroxylation is 1. The molecule has 0 fully saturated rings. The van der Waals surface area contributed by atoms with E-state index in [0.29, 0.717) is 0 Å². The van der Waals surface area contributed by atoms with Gasteiger partial charge in [-0.2, -0.15) is 0 Å². The van der Waals surface area contributed by atoms with Gasteiger partial charge in [0.15, 0.2) is 0 Å².